The molecule has 178 valence electrons. The molecule has 12 nitrogen and oxygen atoms in total. The fourth-order valence-electron chi connectivity index (χ4n) is 3.88. The molecule has 0 atom stereocenters. The minimum Gasteiger partial charge on any atom is -0.454 e. The molecule has 0 saturated heterocycles. The van der Waals surface area contributed by atoms with E-state index in [9.17, 15) is 14.4 Å². The second-order valence-corrected chi connectivity index (χ2v) is 7.97. The van der Waals surface area contributed by atoms with Gasteiger partial charge in [-0.3, -0.25) is 14.2 Å². The van der Waals surface area contributed by atoms with Gasteiger partial charge in [0.2, 0.25) is 6.79 Å². The van der Waals surface area contributed by atoms with Crippen molar-refractivity contribution in [1.29, 1.82) is 0 Å². The predicted octanol–water partition coefficient (Wildman–Crippen LogP) is 1.67. The van der Waals surface area contributed by atoms with E-state index in [1.165, 1.54) is 6.33 Å². The van der Waals surface area contributed by atoms with E-state index < -0.39 is 17.2 Å². The standard InChI is InChI=1S/C24H17N7O5/c32-22(27-16-3-1-2-15(9-16)18-5-7-21-28-26-12-31(21)29-18)17-10-25-24(34)30(23(17)33)11-14-4-6-19-20(8-14)36-13-35-19/h1-10,12H,11,13H2,(H,25,34)(H,27,32). The number of benzene rings is 2. The van der Waals surface area contributed by atoms with Gasteiger partial charge >= 0.3 is 5.69 Å². The number of hydrogen-bond donors (Lipinski definition) is 2. The van der Waals surface area contributed by atoms with Gasteiger partial charge in [0.05, 0.1) is 12.2 Å². The lowest BCUT2D eigenvalue weighted by Gasteiger charge is -2.10. The van der Waals surface area contributed by atoms with E-state index >= 15 is 0 Å². The zero-order valence-corrected chi connectivity index (χ0v) is 18.5. The van der Waals surface area contributed by atoms with Crippen LogP contribution < -0.4 is 26.0 Å². The van der Waals surface area contributed by atoms with Crippen LogP contribution in [0.1, 0.15) is 15.9 Å². The fraction of sp³-hybridized carbons (Fsp3) is 0.0833. The number of nitrogens with one attached hydrogen (secondary N) is 2. The highest BCUT2D eigenvalue weighted by Gasteiger charge is 2.18. The molecule has 2 aromatic carbocycles. The first-order valence-corrected chi connectivity index (χ1v) is 10.8. The molecule has 12 heteroatoms. The van der Waals surface area contributed by atoms with Gasteiger partial charge in [-0.15, -0.1) is 10.2 Å². The molecule has 0 unspecified atom stereocenters. The molecule has 6 rings (SSSR count). The number of amides is 1. The van der Waals surface area contributed by atoms with Crippen LogP contribution in [0, 0.1) is 0 Å². The Kier molecular flexibility index (Phi) is 5.03. The molecule has 1 aliphatic rings. The highest BCUT2D eigenvalue weighted by molar-refractivity contribution is 6.04. The molecule has 3 aromatic heterocycles. The number of hydrogen-bond acceptors (Lipinski definition) is 8. The lowest BCUT2D eigenvalue weighted by molar-refractivity contribution is 0.102. The third kappa shape index (κ3) is 3.86. The van der Waals surface area contributed by atoms with Crippen molar-refractivity contribution in [3.8, 4) is 22.8 Å². The summed E-state index contributed by atoms with van der Waals surface area (Å²) in [5.74, 6) is 0.464. The van der Waals surface area contributed by atoms with E-state index in [1.807, 2.05) is 6.07 Å². The third-order valence-electron chi connectivity index (χ3n) is 5.66. The molecule has 0 aliphatic carbocycles. The van der Waals surface area contributed by atoms with Crippen LogP contribution in [0.3, 0.4) is 0 Å². The van der Waals surface area contributed by atoms with Gasteiger partial charge in [-0.05, 0) is 42.0 Å². The first-order chi connectivity index (χ1) is 17.5. The van der Waals surface area contributed by atoms with Crippen molar-refractivity contribution < 1.29 is 14.3 Å². The van der Waals surface area contributed by atoms with Crippen molar-refractivity contribution in [1.82, 2.24) is 29.4 Å². The summed E-state index contributed by atoms with van der Waals surface area (Å²) in [7, 11) is 0. The van der Waals surface area contributed by atoms with E-state index in [-0.39, 0.29) is 18.9 Å². The summed E-state index contributed by atoms with van der Waals surface area (Å²) in [4.78, 5) is 40.9. The molecule has 1 aliphatic heterocycles. The van der Waals surface area contributed by atoms with E-state index in [0.717, 1.165) is 16.3 Å². The number of ether oxygens (including phenoxy) is 2. The SMILES string of the molecule is O=C(Nc1cccc(-c2ccc3nncn3n2)c1)c1c[nH]c(=O)n(Cc2ccc3c(c2)OCO3)c1=O. The summed E-state index contributed by atoms with van der Waals surface area (Å²) in [5.41, 5.74) is 1.55. The van der Waals surface area contributed by atoms with E-state index in [4.69, 9.17) is 9.47 Å². The number of anilines is 1. The van der Waals surface area contributed by atoms with Gasteiger partial charge in [-0.1, -0.05) is 18.2 Å². The summed E-state index contributed by atoms with van der Waals surface area (Å²) >= 11 is 0. The molecule has 1 amide bonds. The highest BCUT2D eigenvalue weighted by atomic mass is 16.7. The third-order valence-corrected chi connectivity index (χ3v) is 5.66. The van der Waals surface area contributed by atoms with Gasteiger partial charge in [0.25, 0.3) is 11.5 Å². The van der Waals surface area contributed by atoms with Gasteiger partial charge in [0, 0.05) is 17.4 Å². The van der Waals surface area contributed by atoms with Crippen molar-refractivity contribution in [2.45, 2.75) is 6.54 Å². The van der Waals surface area contributed by atoms with Crippen LogP contribution in [-0.2, 0) is 6.54 Å². The maximum absolute atomic E-state index is 13.0. The Bertz CT molecular complexity index is 1750. The molecule has 0 fully saturated rings. The smallest absolute Gasteiger partial charge is 0.328 e. The quantitative estimate of drug-likeness (QED) is 0.384. The van der Waals surface area contributed by atoms with Crippen LogP contribution in [0.5, 0.6) is 11.5 Å². The van der Waals surface area contributed by atoms with Crippen molar-refractivity contribution in [2.24, 2.45) is 0 Å². The molecular formula is C24H17N7O5. The number of carbonyl (C=O) groups is 1. The molecule has 0 saturated carbocycles. The van der Waals surface area contributed by atoms with Crippen molar-refractivity contribution in [2.75, 3.05) is 12.1 Å². The molecule has 4 heterocycles. The van der Waals surface area contributed by atoms with E-state index in [2.05, 4.69) is 25.6 Å². The monoisotopic (exact) mass is 483 g/mol. The van der Waals surface area contributed by atoms with Gasteiger partial charge in [-0.25, -0.2) is 4.79 Å². The minimum absolute atomic E-state index is 0.0430. The Hall–Kier alpha value is -5.26. The predicted molar refractivity (Wildman–Crippen MR) is 127 cm³/mol. The lowest BCUT2D eigenvalue weighted by Crippen LogP contribution is -2.39. The lowest BCUT2D eigenvalue weighted by atomic mass is 10.1. The largest absolute Gasteiger partial charge is 0.454 e. The topological polar surface area (TPSA) is 146 Å². The summed E-state index contributed by atoms with van der Waals surface area (Å²) < 4.78 is 13.1. The fourth-order valence-corrected chi connectivity index (χ4v) is 3.88. The first kappa shape index (κ1) is 21.3. The number of carbonyl (C=O) groups excluding carboxylic acids is 1. The Labute approximate surface area is 201 Å². The zero-order valence-electron chi connectivity index (χ0n) is 18.5. The van der Waals surface area contributed by atoms with E-state index in [1.54, 1.807) is 53.0 Å². The van der Waals surface area contributed by atoms with Crippen molar-refractivity contribution in [3.63, 3.8) is 0 Å². The maximum atomic E-state index is 13.0. The summed E-state index contributed by atoms with van der Waals surface area (Å²) in [6, 6.07) is 15.7. The van der Waals surface area contributed by atoms with Crippen molar-refractivity contribution in [3.05, 3.63) is 99.1 Å². The average Bonchev–Trinajstić information content (AvgIpc) is 3.55. The highest BCUT2D eigenvalue weighted by Crippen LogP contribution is 2.32. The Morgan fingerprint density at radius 1 is 1.06 bits per heavy atom. The summed E-state index contributed by atoms with van der Waals surface area (Å²) in [6.45, 7) is 0.0697. The molecule has 36 heavy (non-hydrogen) atoms. The Balaban J connectivity index is 1.26. The molecule has 0 spiro atoms. The van der Waals surface area contributed by atoms with Crippen LogP contribution in [-0.4, -0.2) is 42.1 Å². The number of aromatic nitrogens is 6. The number of rotatable bonds is 5. The summed E-state index contributed by atoms with van der Waals surface area (Å²) in [6.07, 6.45) is 2.61. The normalized spacial score (nSPS) is 12.1. The molecule has 0 bridgehead atoms. The van der Waals surface area contributed by atoms with Crippen LogP contribution in [0.2, 0.25) is 0 Å². The number of fused-ring (bicyclic) bond motifs is 2. The molecular weight excluding hydrogens is 466 g/mol. The van der Waals surface area contributed by atoms with Crippen LogP contribution >= 0.6 is 0 Å². The van der Waals surface area contributed by atoms with Crippen molar-refractivity contribution >= 4 is 17.2 Å². The zero-order chi connectivity index (χ0) is 24.6. The number of aromatic amines is 1. The summed E-state index contributed by atoms with van der Waals surface area (Å²) in [5, 5.41) is 14.9. The molecule has 0 radical (unpaired) electrons. The Morgan fingerprint density at radius 2 is 1.94 bits per heavy atom. The van der Waals surface area contributed by atoms with Crippen LogP contribution in [0.15, 0.2) is 76.7 Å². The van der Waals surface area contributed by atoms with Crippen LogP contribution in [0.4, 0.5) is 5.69 Å². The average molecular weight is 483 g/mol. The number of H-pyrrole nitrogens is 1. The molecule has 2 N–H and O–H groups in total. The number of nitrogens with zero attached hydrogens (tertiary/aromatic N) is 5. The minimum atomic E-state index is -0.718. The van der Waals surface area contributed by atoms with Crippen LogP contribution in [0.25, 0.3) is 16.9 Å². The second-order valence-electron chi connectivity index (χ2n) is 7.97. The van der Waals surface area contributed by atoms with Gasteiger partial charge in [0.15, 0.2) is 17.1 Å². The van der Waals surface area contributed by atoms with Gasteiger partial charge in [0.1, 0.15) is 11.9 Å². The van der Waals surface area contributed by atoms with Gasteiger partial charge in [-0.2, -0.15) is 9.61 Å². The second kappa shape index (κ2) is 8.51. The van der Waals surface area contributed by atoms with Gasteiger partial charge < -0.3 is 19.8 Å². The Morgan fingerprint density at radius 3 is 2.86 bits per heavy atom. The first-order valence-electron chi connectivity index (χ1n) is 10.8. The van der Waals surface area contributed by atoms with E-state index in [0.29, 0.717) is 34.1 Å². The molecule has 5 aromatic rings. The maximum Gasteiger partial charge on any atom is 0.328 e.